The van der Waals surface area contributed by atoms with Crippen molar-refractivity contribution in [3.63, 3.8) is 0 Å². The van der Waals surface area contributed by atoms with Crippen molar-refractivity contribution in [2.24, 2.45) is 23.7 Å². The fourth-order valence-corrected chi connectivity index (χ4v) is 3.79. The Morgan fingerprint density at radius 3 is 1.59 bits per heavy atom. The molecule has 3 rings (SSSR count). The topological polar surface area (TPSA) is 12.0 Å². The zero-order valence-corrected chi connectivity index (χ0v) is 11.6. The van der Waals surface area contributed by atoms with Gasteiger partial charge in [-0.15, -0.1) is 0 Å². The molecule has 3 fully saturated rings. The number of rotatable bonds is 5. The van der Waals surface area contributed by atoms with E-state index >= 15 is 0 Å². The van der Waals surface area contributed by atoms with Gasteiger partial charge in [0, 0.05) is 12.1 Å². The first-order chi connectivity index (χ1) is 8.24. The van der Waals surface area contributed by atoms with Crippen molar-refractivity contribution in [2.45, 2.75) is 77.3 Å². The molecule has 0 aromatic rings. The second kappa shape index (κ2) is 4.91. The summed E-state index contributed by atoms with van der Waals surface area (Å²) < 4.78 is 0. The van der Waals surface area contributed by atoms with E-state index in [0.29, 0.717) is 0 Å². The maximum Gasteiger partial charge on any atom is 0.0126 e. The van der Waals surface area contributed by atoms with Gasteiger partial charge in [0.25, 0.3) is 0 Å². The van der Waals surface area contributed by atoms with E-state index in [1.54, 1.807) is 0 Å². The van der Waals surface area contributed by atoms with E-state index in [4.69, 9.17) is 0 Å². The highest BCUT2D eigenvalue weighted by atomic mass is 15.0. The molecule has 0 aliphatic heterocycles. The van der Waals surface area contributed by atoms with Crippen LogP contribution >= 0.6 is 0 Å². The SMILES string of the molecule is CC(C)C1CCC(NC(C2CC2)C2CC2)CC1. The molecule has 0 unspecified atom stereocenters. The summed E-state index contributed by atoms with van der Waals surface area (Å²) in [5.74, 6) is 4.03. The Morgan fingerprint density at radius 2 is 1.18 bits per heavy atom. The Kier molecular flexibility index (Phi) is 3.47. The van der Waals surface area contributed by atoms with Gasteiger partial charge in [-0.05, 0) is 75.0 Å². The van der Waals surface area contributed by atoms with Gasteiger partial charge in [-0.25, -0.2) is 0 Å². The Balaban J connectivity index is 1.46. The third-order valence-corrected chi connectivity index (χ3v) is 5.40. The molecule has 98 valence electrons. The van der Waals surface area contributed by atoms with Gasteiger partial charge in [-0.1, -0.05) is 13.8 Å². The van der Waals surface area contributed by atoms with Gasteiger partial charge in [-0.3, -0.25) is 0 Å². The molecule has 3 aliphatic carbocycles. The van der Waals surface area contributed by atoms with Gasteiger partial charge in [0.2, 0.25) is 0 Å². The van der Waals surface area contributed by atoms with E-state index in [1.165, 1.54) is 51.4 Å². The van der Waals surface area contributed by atoms with Crippen molar-refractivity contribution in [1.29, 1.82) is 0 Å². The maximum absolute atomic E-state index is 4.04. The lowest BCUT2D eigenvalue weighted by atomic mass is 9.79. The average molecular weight is 235 g/mol. The summed E-state index contributed by atoms with van der Waals surface area (Å²) in [6.07, 6.45) is 11.9. The Hall–Kier alpha value is -0.0400. The minimum atomic E-state index is 0.858. The number of nitrogens with one attached hydrogen (secondary N) is 1. The molecule has 3 saturated carbocycles. The standard InChI is InChI=1S/C16H29N/c1-11(2)12-7-9-15(10-8-12)17-16(13-3-4-13)14-5-6-14/h11-17H,3-10H2,1-2H3. The molecule has 0 aromatic heterocycles. The Bertz CT molecular complexity index is 232. The van der Waals surface area contributed by atoms with E-state index in [1.807, 2.05) is 0 Å². The van der Waals surface area contributed by atoms with Crippen molar-refractivity contribution in [1.82, 2.24) is 5.32 Å². The molecule has 17 heavy (non-hydrogen) atoms. The van der Waals surface area contributed by atoms with Crippen LogP contribution in [-0.2, 0) is 0 Å². The predicted molar refractivity (Wildman–Crippen MR) is 73.0 cm³/mol. The highest BCUT2D eigenvalue weighted by molar-refractivity contribution is 4.98. The lowest BCUT2D eigenvalue weighted by Gasteiger charge is -2.34. The van der Waals surface area contributed by atoms with E-state index in [0.717, 1.165) is 35.8 Å². The maximum atomic E-state index is 4.04. The predicted octanol–water partition coefficient (Wildman–Crippen LogP) is 3.98. The highest BCUT2D eigenvalue weighted by Crippen LogP contribution is 2.45. The molecule has 3 aliphatic rings. The summed E-state index contributed by atoms with van der Waals surface area (Å²) in [5.41, 5.74) is 0. The van der Waals surface area contributed by atoms with E-state index in [-0.39, 0.29) is 0 Å². The third kappa shape index (κ3) is 3.05. The first-order valence-corrected chi connectivity index (χ1v) is 8.00. The second-order valence-electron chi connectivity index (χ2n) is 7.22. The second-order valence-corrected chi connectivity index (χ2v) is 7.22. The normalized spacial score (nSPS) is 34.6. The fourth-order valence-electron chi connectivity index (χ4n) is 3.79. The van der Waals surface area contributed by atoms with E-state index in [2.05, 4.69) is 19.2 Å². The molecule has 0 heterocycles. The monoisotopic (exact) mass is 235 g/mol. The summed E-state index contributed by atoms with van der Waals surface area (Å²) in [4.78, 5) is 0. The minimum absolute atomic E-state index is 0.858. The first kappa shape index (κ1) is 12.0. The van der Waals surface area contributed by atoms with Crippen LogP contribution in [0.1, 0.15) is 65.2 Å². The summed E-state index contributed by atoms with van der Waals surface area (Å²) in [6.45, 7) is 4.80. The molecule has 0 atom stereocenters. The Morgan fingerprint density at radius 1 is 0.706 bits per heavy atom. The fraction of sp³-hybridized carbons (Fsp3) is 1.00. The van der Waals surface area contributed by atoms with Crippen LogP contribution in [0.5, 0.6) is 0 Å². The highest BCUT2D eigenvalue weighted by Gasteiger charge is 2.42. The molecule has 1 nitrogen and oxygen atoms in total. The van der Waals surface area contributed by atoms with Crippen molar-refractivity contribution < 1.29 is 0 Å². The van der Waals surface area contributed by atoms with Gasteiger partial charge in [0.15, 0.2) is 0 Å². The lowest BCUT2D eigenvalue weighted by Crippen LogP contribution is -2.43. The molecule has 0 saturated heterocycles. The van der Waals surface area contributed by atoms with Crippen molar-refractivity contribution in [2.75, 3.05) is 0 Å². The molecule has 0 aromatic carbocycles. The molecule has 0 spiro atoms. The zero-order chi connectivity index (χ0) is 11.8. The molecule has 0 bridgehead atoms. The first-order valence-electron chi connectivity index (χ1n) is 8.00. The zero-order valence-electron chi connectivity index (χ0n) is 11.6. The molecule has 1 heteroatoms. The lowest BCUT2D eigenvalue weighted by molar-refractivity contribution is 0.218. The third-order valence-electron chi connectivity index (χ3n) is 5.40. The van der Waals surface area contributed by atoms with Crippen LogP contribution in [0, 0.1) is 23.7 Å². The van der Waals surface area contributed by atoms with Crippen LogP contribution in [0.15, 0.2) is 0 Å². The molecular formula is C16H29N. The van der Waals surface area contributed by atoms with E-state index in [9.17, 15) is 0 Å². The van der Waals surface area contributed by atoms with Crippen LogP contribution in [0.25, 0.3) is 0 Å². The van der Waals surface area contributed by atoms with Gasteiger partial charge >= 0.3 is 0 Å². The Labute approximate surface area is 107 Å². The molecular weight excluding hydrogens is 206 g/mol. The smallest absolute Gasteiger partial charge is 0.0126 e. The summed E-state index contributed by atoms with van der Waals surface area (Å²) >= 11 is 0. The largest absolute Gasteiger partial charge is 0.311 e. The average Bonchev–Trinajstić information content (AvgIpc) is 3.17. The molecule has 1 N–H and O–H groups in total. The van der Waals surface area contributed by atoms with Crippen molar-refractivity contribution in [3.05, 3.63) is 0 Å². The summed E-state index contributed by atoms with van der Waals surface area (Å²) in [6, 6.07) is 1.77. The van der Waals surface area contributed by atoms with Crippen LogP contribution in [-0.4, -0.2) is 12.1 Å². The molecule has 0 radical (unpaired) electrons. The summed E-state index contributed by atoms with van der Waals surface area (Å²) in [7, 11) is 0. The van der Waals surface area contributed by atoms with Gasteiger partial charge < -0.3 is 5.32 Å². The van der Waals surface area contributed by atoms with Crippen LogP contribution in [0.2, 0.25) is 0 Å². The van der Waals surface area contributed by atoms with Gasteiger partial charge in [0.05, 0.1) is 0 Å². The van der Waals surface area contributed by atoms with Crippen molar-refractivity contribution >= 4 is 0 Å². The van der Waals surface area contributed by atoms with Gasteiger partial charge in [0.1, 0.15) is 0 Å². The quantitative estimate of drug-likeness (QED) is 0.760. The molecule has 0 amide bonds. The number of hydrogen-bond acceptors (Lipinski definition) is 1. The van der Waals surface area contributed by atoms with Crippen LogP contribution in [0.3, 0.4) is 0 Å². The van der Waals surface area contributed by atoms with Crippen LogP contribution in [0.4, 0.5) is 0 Å². The minimum Gasteiger partial charge on any atom is -0.311 e. The number of hydrogen-bond donors (Lipinski definition) is 1. The van der Waals surface area contributed by atoms with Crippen LogP contribution < -0.4 is 5.32 Å². The van der Waals surface area contributed by atoms with E-state index < -0.39 is 0 Å². The van der Waals surface area contributed by atoms with Gasteiger partial charge in [-0.2, -0.15) is 0 Å². The summed E-state index contributed by atoms with van der Waals surface area (Å²) in [5, 5.41) is 4.04. The van der Waals surface area contributed by atoms with Crippen molar-refractivity contribution in [3.8, 4) is 0 Å².